The third-order valence-corrected chi connectivity index (χ3v) is 6.54. The standard InChI is InChI=1S/C26H28Cl2N2O/c1-19-8-11-22(12-9-19)30-16-23(18-31-2)29(15-20-6-4-3-5-7-20)17-26(30)24-13-10-21(27)14-25(24)28/h3-14,23,26H,15-18H2,1-2H3. The molecule has 1 aliphatic rings. The van der Waals surface area contributed by atoms with Crippen LogP contribution in [0.2, 0.25) is 10.0 Å². The summed E-state index contributed by atoms with van der Waals surface area (Å²) in [4.78, 5) is 4.97. The maximum Gasteiger partial charge on any atom is 0.0685 e. The number of ether oxygens (including phenoxy) is 1. The van der Waals surface area contributed by atoms with Gasteiger partial charge in [0.2, 0.25) is 0 Å². The molecule has 4 rings (SSSR count). The molecule has 1 saturated heterocycles. The number of hydrogen-bond donors (Lipinski definition) is 0. The van der Waals surface area contributed by atoms with Gasteiger partial charge in [-0.25, -0.2) is 0 Å². The fraction of sp³-hybridized carbons (Fsp3) is 0.308. The van der Waals surface area contributed by atoms with Crippen molar-refractivity contribution >= 4 is 28.9 Å². The van der Waals surface area contributed by atoms with E-state index < -0.39 is 0 Å². The van der Waals surface area contributed by atoms with Crippen LogP contribution in [0, 0.1) is 6.92 Å². The lowest BCUT2D eigenvalue weighted by atomic mass is 9.97. The van der Waals surface area contributed by atoms with Gasteiger partial charge in [0.15, 0.2) is 0 Å². The highest BCUT2D eigenvalue weighted by Gasteiger charge is 2.35. The van der Waals surface area contributed by atoms with Crippen molar-refractivity contribution < 1.29 is 4.74 Å². The number of hydrogen-bond acceptors (Lipinski definition) is 3. The van der Waals surface area contributed by atoms with Crippen molar-refractivity contribution in [3.8, 4) is 0 Å². The smallest absolute Gasteiger partial charge is 0.0685 e. The molecule has 0 saturated carbocycles. The summed E-state index contributed by atoms with van der Waals surface area (Å²) in [5.41, 5.74) is 4.84. The molecule has 5 heteroatoms. The van der Waals surface area contributed by atoms with Crippen LogP contribution in [0.3, 0.4) is 0 Å². The summed E-state index contributed by atoms with van der Waals surface area (Å²) in [6.07, 6.45) is 0. The van der Waals surface area contributed by atoms with E-state index in [0.717, 1.165) is 25.2 Å². The monoisotopic (exact) mass is 454 g/mol. The summed E-state index contributed by atoms with van der Waals surface area (Å²) in [5.74, 6) is 0. The van der Waals surface area contributed by atoms with Crippen LogP contribution >= 0.6 is 23.2 Å². The molecular weight excluding hydrogens is 427 g/mol. The third kappa shape index (κ3) is 5.24. The van der Waals surface area contributed by atoms with Gasteiger partial charge in [0, 0.05) is 42.5 Å². The first-order chi connectivity index (χ1) is 15.0. The molecule has 0 radical (unpaired) electrons. The molecule has 0 spiro atoms. The first-order valence-electron chi connectivity index (χ1n) is 10.6. The number of rotatable bonds is 6. The molecule has 2 unspecified atom stereocenters. The molecule has 2 atom stereocenters. The first-order valence-corrected chi connectivity index (χ1v) is 11.4. The zero-order valence-corrected chi connectivity index (χ0v) is 19.5. The summed E-state index contributed by atoms with van der Waals surface area (Å²) >= 11 is 12.9. The van der Waals surface area contributed by atoms with E-state index in [2.05, 4.69) is 77.4 Å². The zero-order chi connectivity index (χ0) is 21.8. The maximum absolute atomic E-state index is 6.69. The zero-order valence-electron chi connectivity index (χ0n) is 18.0. The van der Waals surface area contributed by atoms with Gasteiger partial charge in [-0.3, -0.25) is 4.90 Å². The Bertz CT molecular complexity index is 994. The Morgan fingerprint density at radius 2 is 1.68 bits per heavy atom. The SMILES string of the molecule is COCC1CN(c2ccc(C)cc2)C(c2ccc(Cl)cc2Cl)CN1Cc1ccccc1. The van der Waals surface area contributed by atoms with Crippen LogP contribution < -0.4 is 4.90 Å². The number of nitrogens with zero attached hydrogens (tertiary/aromatic N) is 2. The summed E-state index contributed by atoms with van der Waals surface area (Å²) in [6, 6.07) is 25.6. The van der Waals surface area contributed by atoms with E-state index in [1.165, 1.54) is 16.8 Å². The molecule has 162 valence electrons. The Morgan fingerprint density at radius 3 is 2.35 bits per heavy atom. The Balaban J connectivity index is 1.71. The van der Waals surface area contributed by atoms with E-state index in [1.807, 2.05) is 12.1 Å². The van der Waals surface area contributed by atoms with Crippen LogP contribution in [0.5, 0.6) is 0 Å². The van der Waals surface area contributed by atoms with Crippen molar-refractivity contribution in [2.75, 3.05) is 31.7 Å². The second-order valence-electron chi connectivity index (χ2n) is 8.19. The Morgan fingerprint density at radius 1 is 0.935 bits per heavy atom. The topological polar surface area (TPSA) is 15.7 Å². The van der Waals surface area contributed by atoms with Crippen molar-refractivity contribution in [3.63, 3.8) is 0 Å². The lowest BCUT2D eigenvalue weighted by molar-refractivity contribution is 0.0644. The number of methoxy groups -OCH3 is 1. The Labute approximate surface area is 195 Å². The van der Waals surface area contributed by atoms with Gasteiger partial charge < -0.3 is 9.64 Å². The molecule has 3 aromatic rings. The third-order valence-electron chi connectivity index (χ3n) is 5.98. The minimum atomic E-state index is 0.115. The van der Waals surface area contributed by atoms with E-state index in [-0.39, 0.29) is 12.1 Å². The molecule has 3 aromatic carbocycles. The Kier molecular flexibility index (Phi) is 7.19. The highest BCUT2D eigenvalue weighted by atomic mass is 35.5. The molecule has 0 N–H and O–H groups in total. The van der Waals surface area contributed by atoms with Crippen molar-refractivity contribution in [1.82, 2.24) is 4.90 Å². The van der Waals surface area contributed by atoms with E-state index in [1.54, 1.807) is 7.11 Å². The lowest BCUT2D eigenvalue weighted by Gasteiger charge is -2.48. The molecule has 0 amide bonds. The fourth-order valence-corrected chi connectivity index (χ4v) is 4.90. The number of anilines is 1. The van der Waals surface area contributed by atoms with Crippen LogP contribution in [0.15, 0.2) is 72.8 Å². The van der Waals surface area contributed by atoms with E-state index in [9.17, 15) is 0 Å². The van der Waals surface area contributed by atoms with E-state index >= 15 is 0 Å². The predicted octanol–water partition coefficient (Wildman–Crippen LogP) is 6.38. The van der Waals surface area contributed by atoms with Gasteiger partial charge in [-0.1, -0.05) is 77.3 Å². The number of piperazine rings is 1. The Hall–Kier alpha value is -2.04. The molecular formula is C26H28Cl2N2O. The molecule has 0 aliphatic carbocycles. The van der Waals surface area contributed by atoms with Gasteiger partial charge in [0.25, 0.3) is 0 Å². The fourth-order valence-electron chi connectivity index (χ4n) is 4.36. The summed E-state index contributed by atoms with van der Waals surface area (Å²) in [5, 5.41) is 1.37. The quantitative estimate of drug-likeness (QED) is 0.429. The van der Waals surface area contributed by atoms with Crippen LogP contribution in [0.1, 0.15) is 22.7 Å². The average Bonchev–Trinajstić information content (AvgIpc) is 2.76. The van der Waals surface area contributed by atoms with Gasteiger partial charge in [0.05, 0.1) is 18.7 Å². The molecule has 1 fully saturated rings. The largest absolute Gasteiger partial charge is 0.383 e. The van der Waals surface area contributed by atoms with E-state index in [0.29, 0.717) is 16.7 Å². The van der Waals surface area contributed by atoms with Gasteiger partial charge in [-0.15, -0.1) is 0 Å². The lowest BCUT2D eigenvalue weighted by Crippen LogP contribution is -2.56. The minimum Gasteiger partial charge on any atom is -0.383 e. The molecule has 31 heavy (non-hydrogen) atoms. The molecule has 0 bridgehead atoms. The van der Waals surface area contributed by atoms with Gasteiger partial charge >= 0.3 is 0 Å². The molecule has 1 heterocycles. The van der Waals surface area contributed by atoms with Gasteiger partial charge in [-0.2, -0.15) is 0 Å². The van der Waals surface area contributed by atoms with Crippen molar-refractivity contribution in [2.24, 2.45) is 0 Å². The average molecular weight is 455 g/mol. The normalized spacial score (nSPS) is 19.5. The van der Waals surface area contributed by atoms with Crippen molar-refractivity contribution in [1.29, 1.82) is 0 Å². The highest BCUT2D eigenvalue weighted by Crippen LogP contribution is 2.37. The summed E-state index contributed by atoms with van der Waals surface area (Å²) in [6.45, 7) is 5.36. The van der Waals surface area contributed by atoms with Crippen LogP contribution in [-0.4, -0.2) is 37.7 Å². The molecule has 1 aliphatic heterocycles. The summed E-state index contributed by atoms with van der Waals surface area (Å²) in [7, 11) is 1.78. The molecule has 0 aromatic heterocycles. The second-order valence-corrected chi connectivity index (χ2v) is 9.04. The van der Waals surface area contributed by atoms with Crippen LogP contribution in [0.25, 0.3) is 0 Å². The van der Waals surface area contributed by atoms with Crippen LogP contribution in [0.4, 0.5) is 5.69 Å². The number of benzene rings is 3. The number of halogens is 2. The second kappa shape index (κ2) is 10.1. The molecule has 3 nitrogen and oxygen atoms in total. The summed E-state index contributed by atoms with van der Waals surface area (Å²) < 4.78 is 5.62. The minimum absolute atomic E-state index is 0.115. The van der Waals surface area contributed by atoms with Crippen LogP contribution in [-0.2, 0) is 11.3 Å². The number of aryl methyl sites for hydroxylation is 1. The van der Waals surface area contributed by atoms with Crippen molar-refractivity contribution in [3.05, 3.63) is 99.5 Å². The first kappa shape index (κ1) is 22.2. The van der Waals surface area contributed by atoms with E-state index in [4.69, 9.17) is 27.9 Å². The predicted molar refractivity (Wildman–Crippen MR) is 130 cm³/mol. The maximum atomic E-state index is 6.69. The van der Waals surface area contributed by atoms with Gasteiger partial charge in [0.1, 0.15) is 0 Å². The highest BCUT2D eigenvalue weighted by molar-refractivity contribution is 6.35. The van der Waals surface area contributed by atoms with Gasteiger partial charge in [-0.05, 0) is 42.3 Å². The van der Waals surface area contributed by atoms with Crippen molar-refractivity contribution in [2.45, 2.75) is 25.6 Å².